The molecule has 0 aliphatic heterocycles. The van der Waals surface area contributed by atoms with E-state index in [0.29, 0.717) is 17.1 Å². The third kappa shape index (κ3) is 5.79. The predicted octanol–water partition coefficient (Wildman–Crippen LogP) is 2.26. The molecule has 1 unspecified atom stereocenters. The average Bonchev–Trinajstić information content (AvgIpc) is 3.00. The van der Waals surface area contributed by atoms with Crippen LogP contribution in [-0.4, -0.2) is 55.7 Å². The van der Waals surface area contributed by atoms with Crippen LogP contribution in [0.15, 0.2) is 30.7 Å². The molecule has 11 heteroatoms. The highest BCUT2D eigenvalue weighted by molar-refractivity contribution is 7.92. The summed E-state index contributed by atoms with van der Waals surface area (Å²) in [6.45, 7) is 1.68. The zero-order valence-electron chi connectivity index (χ0n) is 14.7. The number of alkyl halides is 3. The third-order valence-corrected chi connectivity index (χ3v) is 4.90. The van der Waals surface area contributed by atoms with Gasteiger partial charge < -0.3 is 9.45 Å². The summed E-state index contributed by atoms with van der Waals surface area (Å²) in [4.78, 5) is 17.5. The fourth-order valence-corrected chi connectivity index (χ4v) is 3.29. The molecule has 2 rings (SSSR count). The topological polar surface area (TPSA) is 97.9 Å². The van der Waals surface area contributed by atoms with Gasteiger partial charge in [0.2, 0.25) is 0 Å². The number of pyridine rings is 1. The van der Waals surface area contributed by atoms with Gasteiger partial charge >= 0.3 is 6.18 Å². The molecule has 0 radical (unpaired) electrons. The summed E-state index contributed by atoms with van der Waals surface area (Å²) in [5.41, 5.74) is 1.10. The maximum Gasteiger partial charge on any atom is 0.393 e. The van der Waals surface area contributed by atoms with Gasteiger partial charge in [-0.1, -0.05) is 0 Å². The summed E-state index contributed by atoms with van der Waals surface area (Å²) < 4.78 is 49.7. The highest BCUT2D eigenvalue weighted by Gasteiger charge is 2.31. The summed E-state index contributed by atoms with van der Waals surface area (Å²) in [5, 5.41) is 12.1. The van der Waals surface area contributed by atoms with E-state index in [-0.39, 0.29) is 0 Å². The van der Waals surface area contributed by atoms with E-state index in [4.69, 9.17) is 5.41 Å². The van der Waals surface area contributed by atoms with E-state index in [9.17, 15) is 22.5 Å². The Kier molecular flexibility index (Phi) is 6.60. The largest absolute Gasteiger partial charge is 0.616 e. The van der Waals surface area contributed by atoms with E-state index in [1.165, 1.54) is 16.6 Å². The van der Waals surface area contributed by atoms with Crippen LogP contribution in [0, 0.1) is 12.3 Å². The predicted molar refractivity (Wildman–Crippen MR) is 95.8 cm³/mol. The number of halogens is 3. The van der Waals surface area contributed by atoms with Gasteiger partial charge in [0, 0.05) is 13.2 Å². The first-order valence-electron chi connectivity index (χ1n) is 7.82. The van der Waals surface area contributed by atoms with E-state index in [1.54, 1.807) is 37.6 Å². The number of aryl methyl sites for hydroxylation is 1. The highest BCUT2D eigenvalue weighted by atomic mass is 32.2. The van der Waals surface area contributed by atoms with Crippen molar-refractivity contribution in [2.75, 3.05) is 23.5 Å². The second-order valence-electron chi connectivity index (χ2n) is 5.75. The maximum atomic E-state index is 12.4. The quantitative estimate of drug-likeness (QED) is 0.568. The summed E-state index contributed by atoms with van der Waals surface area (Å²) in [6.07, 6.45) is -0.858. The lowest BCUT2D eigenvalue weighted by molar-refractivity contribution is -0.129. The standard InChI is InChI=1S/C16H18F3N5O2S/c1-11-14(9-24(22-11)12-4-3-6-21-8-12)23(2)15(25)13(20)10-27(26)7-5-16(17,18)19/h3-4,6,8-9,20H,5,7,10H2,1-2H3. The number of nitrogens with one attached hydrogen (secondary N) is 1. The van der Waals surface area contributed by atoms with Crippen molar-refractivity contribution in [3.05, 3.63) is 36.4 Å². The van der Waals surface area contributed by atoms with Crippen molar-refractivity contribution < 1.29 is 22.5 Å². The molecule has 0 fully saturated rings. The Labute approximate surface area is 156 Å². The lowest BCUT2D eigenvalue weighted by Gasteiger charge is -2.18. The van der Waals surface area contributed by atoms with E-state index < -0.39 is 46.9 Å². The van der Waals surface area contributed by atoms with Crippen molar-refractivity contribution >= 4 is 28.5 Å². The maximum absolute atomic E-state index is 12.4. The van der Waals surface area contributed by atoms with Gasteiger partial charge in [0.15, 0.2) is 5.75 Å². The Balaban J connectivity index is 2.04. The lowest BCUT2D eigenvalue weighted by Crippen LogP contribution is -2.37. The highest BCUT2D eigenvalue weighted by Crippen LogP contribution is 2.22. The molecule has 0 aliphatic rings. The van der Waals surface area contributed by atoms with Crippen LogP contribution < -0.4 is 4.90 Å². The Bertz CT molecular complexity index is 810. The number of aromatic nitrogens is 3. The summed E-state index contributed by atoms with van der Waals surface area (Å²) in [7, 11) is 1.42. The number of rotatable bonds is 7. The minimum Gasteiger partial charge on any atom is -0.616 e. The molecule has 1 amide bonds. The van der Waals surface area contributed by atoms with Gasteiger partial charge in [-0.3, -0.25) is 15.2 Å². The van der Waals surface area contributed by atoms with Crippen molar-refractivity contribution in [1.82, 2.24) is 14.8 Å². The van der Waals surface area contributed by atoms with E-state index in [1.807, 2.05) is 0 Å². The summed E-state index contributed by atoms with van der Waals surface area (Å²) in [6, 6.07) is 3.50. The number of amides is 1. The van der Waals surface area contributed by atoms with Crippen LogP contribution in [0.2, 0.25) is 0 Å². The molecule has 1 N–H and O–H groups in total. The van der Waals surface area contributed by atoms with Crippen LogP contribution in [0.1, 0.15) is 12.1 Å². The molecule has 2 aromatic rings. The molecule has 27 heavy (non-hydrogen) atoms. The molecule has 2 aromatic heterocycles. The fourth-order valence-electron chi connectivity index (χ4n) is 2.24. The Morgan fingerprint density at radius 3 is 2.74 bits per heavy atom. The van der Waals surface area contributed by atoms with Crippen molar-refractivity contribution in [1.29, 1.82) is 5.41 Å². The third-order valence-electron chi connectivity index (χ3n) is 3.63. The second kappa shape index (κ2) is 8.53. The van der Waals surface area contributed by atoms with Gasteiger partial charge in [-0.2, -0.15) is 18.3 Å². The van der Waals surface area contributed by atoms with Crippen LogP contribution in [0.5, 0.6) is 0 Å². The molecule has 0 saturated carbocycles. The Morgan fingerprint density at radius 1 is 1.44 bits per heavy atom. The molecule has 0 bridgehead atoms. The van der Waals surface area contributed by atoms with Crippen molar-refractivity contribution in [2.45, 2.75) is 19.5 Å². The molecule has 0 aliphatic carbocycles. The number of anilines is 1. The van der Waals surface area contributed by atoms with Crippen LogP contribution in [-0.2, 0) is 16.0 Å². The van der Waals surface area contributed by atoms with E-state index >= 15 is 0 Å². The number of nitrogens with zero attached hydrogens (tertiary/aromatic N) is 4. The molecule has 0 spiro atoms. The minimum atomic E-state index is -4.42. The monoisotopic (exact) mass is 401 g/mol. The number of carbonyl (C=O) groups is 1. The molecule has 2 heterocycles. The van der Waals surface area contributed by atoms with Gasteiger partial charge in [-0.25, -0.2) is 4.68 Å². The summed E-state index contributed by atoms with van der Waals surface area (Å²) in [5.74, 6) is -1.92. The van der Waals surface area contributed by atoms with Crippen LogP contribution in [0.25, 0.3) is 5.69 Å². The number of hydrogen-bond acceptors (Lipinski definition) is 5. The molecular weight excluding hydrogens is 383 g/mol. The van der Waals surface area contributed by atoms with Crippen molar-refractivity contribution in [3.8, 4) is 5.69 Å². The SMILES string of the molecule is Cc1nn(-c2cccnc2)cc1N(C)C(=O)C(=N)C[S+]([O-])CCC(F)(F)F. The zero-order valence-corrected chi connectivity index (χ0v) is 15.5. The molecule has 1 atom stereocenters. The number of hydrogen-bond donors (Lipinski definition) is 1. The zero-order chi connectivity index (χ0) is 20.2. The lowest BCUT2D eigenvalue weighted by atomic mass is 10.3. The second-order valence-corrected chi connectivity index (χ2v) is 7.33. The van der Waals surface area contributed by atoms with Crippen molar-refractivity contribution in [2.24, 2.45) is 0 Å². The molecule has 146 valence electrons. The molecule has 7 nitrogen and oxygen atoms in total. The van der Waals surface area contributed by atoms with Gasteiger partial charge in [0.1, 0.15) is 11.5 Å². The normalized spacial score (nSPS) is 12.7. The fraction of sp³-hybridized carbons (Fsp3) is 0.375. The van der Waals surface area contributed by atoms with Crippen LogP contribution in [0.4, 0.5) is 18.9 Å². The van der Waals surface area contributed by atoms with Gasteiger partial charge in [-0.15, -0.1) is 0 Å². The van der Waals surface area contributed by atoms with Gasteiger partial charge in [0.25, 0.3) is 5.91 Å². The Morgan fingerprint density at radius 2 is 2.15 bits per heavy atom. The van der Waals surface area contributed by atoms with Crippen LogP contribution in [0.3, 0.4) is 0 Å². The average molecular weight is 401 g/mol. The van der Waals surface area contributed by atoms with Crippen LogP contribution >= 0.6 is 0 Å². The smallest absolute Gasteiger partial charge is 0.393 e. The van der Waals surface area contributed by atoms with E-state index in [0.717, 1.165) is 0 Å². The summed E-state index contributed by atoms with van der Waals surface area (Å²) >= 11 is -1.94. The first-order valence-corrected chi connectivity index (χ1v) is 9.31. The Hall–Kier alpha value is -2.40. The van der Waals surface area contributed by atoms with Gasteiger partial charge in [0.05, 0.1) is 35.9 Å². The minimum absolute atomic E-state index is 0.426. The molecule has 0 aromatic carbocycles. The first-order chi connectivity index (χ1) is 12.6. The first kappa shape index (κ1) is 20.9. The van der Waals surface area contributed by atoms with E-state index in [2.05, 4.69) is 10.1 Å². The number of carbonyl (C=O) groups excluding carboxylic acids is 1. The van der Waals surface area contributed by atoms with Gasteiger partial charge in [-0.05, 0) is 30.2 Å². The van der Waals surface area contributed by atoms with Crippen molar-refractivity contribution in [3.63, 3.8) is 0 Å². The molecular formula is C16H18F3N5O2S. The molecule has 0 saturated heterocycles.